The first-order valence-corrected chi connectivity index (χ1v) is 13.9. The molecule has 10 nitrogen and oxygen atoms in total. The van der Waals surface area contributed by atoms with Crippen LogP contribution < -0.4 is 11.0 Å². The second-order valence-electron chi connectivity index (χ2n) is 9.68. The number of nitrogens with zero attached hydrogens (tertiary/aromatic N) is 2. The lowest BCUT2D eigenvalue weighted by Crippen LogP contribution is -2.43. The second-order valence-corrected chi connectivity index (χ2v) is 11.1. The molecule has 220 valence electrons. The van der Waals surface area contributed by atoms with E-state index in [9.17, 15) is 19.2 Å². The quantitative estimate of drug-likeness (QED) is 0.216. The van der Waals surface area contributed by atoms with Crippen LogP contribution in [0.3, 0.4) is 0 Å². The summed E-state index contributed by atoms with van der Waals surface area (Å²) >= 11 is 13.5. The number of aromatic nitrogens is 2. The first kappa shape index (κ1) is 30.0. The number of carbonyl (C=O) groups excluding carboxylic acids is 3. The molecular formula is C31H25Cl2N3O7. The number of benzene rings is 3. The van der Waals surface area contributed by atoms with E-state index in [4.69, 9.17) is 37.4 Å². The van der Waals surface area contributed by atoms with E-state index >= 15 is 0 Å². The number of carbonyl (C=O) groups is 3. The molecule has 0 radical (unpaired) electrons. The van der Waals surface area contributed by atoms with E-state index in [-0.39, 0.29) is 11.4 Å². The predicted molar refractivity (Wildman–Crippen MR) is 158 cm³/mol. The number of hydrogen-bond acceptors (Lipinski definition) is 8. The van der Waals surface area contributed by atoms with E-state index in [2.05, 4.69) is 10.3 Å². The van der Waals surface area contributed by atoms with E-state index in [0.717, 1.165) is 10.1 Å². The Morgan fingerprint density at radius 1 is 0.884 bits per heavy atom. The fourth-order valence-corrected chi connectivity index (χ4v) is 5.06. The van der Waals surface area contributed by atoms with Gasteiger partial charge in [-0.3, -0.25) is 9.36 Å². The number of nitrogens with one attached hydrogen (secondary N) is 1. The lowest BCUT2D eigenvalue weighted by atomic mass is 10.1. The van der Waals surface area contributed by atoms with Crippen LogP contribution in [0.2, 0.25) is 0 Å². The molecule has 3 aromatic carbocycles. The summed E-state index contributed by atoms with van der Waals surface area (Å²) in [6, 6.07) is 24.7. The molecule has 1 fully saturated rings. The molecule has 4 aromatic rings. The van der Waals surface area contributed by atoms with Crippen molar-refractivity contribution < 1.29 is 28.6 Å². The Balaban J connectivity index is 1.39. The average Bonchev–Trinajstić information content (AvgIpc) is 3.25. The third-order valence-electron chi connectivity index (χ3n) is 6.62. The molecule has 1 aromatic heterocycles. The van der Waals surface area contributed by atoms with Gasteiger partial charge in [0.1, 0.15) is 18.5 Å². The number of rotatable bonds is 8. The average molecular weight is 622 g/mol. The van der Waals surface area contributed by atoms with Crippen LogP contribution in [0.4, 0.5) is 5.82 Å². The molecule has 43 heavy (non-hydrogen) atoms. The minimum absolute atomic E-state index is 0.0152. The molecule has 0 spiro atoms. The Bertz CT molecular complexity index is 1680. The van der Waals surface area contributed by atoms with Gasteiger partial charge in [-0.2, -0.15) is 4.98 Å². The summed E-state index contributed by atoms with van der Waals surface area (Å²) < 4.78 is 16.1. The molecule has 12 heteroatoms. The van der Waals surface area contributed by atoms with Gasteiger partial charge in [0, 0.05) is 11.8 Å². The Kier molecular flexibility index (Phi) is 8.91. The minimum Gasteiger partial charge on any atom is -0.459 e. The van der Waals surface area contributed by atoms with Crippen LogP contribution in [0.25, 0.3) is 0 Å². The Morgan fingerprint density at radius 3 is 2.12 bits per heavy atom. The molecule has 0 saturated carbocycles. The Labute approximate surface area is 256 Å². The van der Waals surface area contributed by atoms with Crippen LogP contribution >= 0.6 is 23.2 Å². The summed E-state index contributed by atoms with van der Waals surface area (Å²) in [5.74, 6) is -1.87. The summed E-state index contributed by atoms with van der Waals surface area (Å²) in [5.41, 5.74) is 0.981. The van der Waals surface area contributed by atoms with Gasteiger partial charge >= 0.3 is 17.6 Å². The fraction of sp³-hybridized carbons (Fsp3) is 0.194. The molecule has 2 heterocycles. The van der Waals surface area contributed by atoms with Crippen molar-refractivity contribution in [3.63, 3.8) is 0 Å². The summed E-state index contributed by atoms with van der Waals surface area (Å²) in [4.78, 5) is 55.2. The van der Waals surface area contributed by atoms with Crippen LogP contribution in [0, 0.1) is 6.92 Å². The molecule has 1 N–H and O–H groups in total. The normalized spacial score (nSPS) is 18.9. The van der Waals surface area contributed by atoms with Crippen molar-refractivity contribution in [3.05, 3.63) is 130 Å². The van der Waals surface area contributed by atoms with Crippen LogP contribution in [0.1, 0.15) is 42.9 Å². The third kappa shape index (κ3) is 6.77. The third-order valence-corrected chi connectivity index (χ3v) is 7.42. The number of aryl methyl sites for hydroxylation is 1. The Hall–Kier alpha value is -4.51. The summed E-state index contributed by atoms with van der Waals surface area (Å²) in [6.07, 6.45) is -2.66. The van der Waals surface area contributed by atoms with E-state index in [1.165, 1.54) is 12.3 Å². The standard InChI is InChI=1S/C31H25Cl2N3O7/c1-19-12-14-22(15-13-19)28(39)43-25-23(18-41-27(38)21-10-6-3-7-11-21)42-29(31(25,32)33)36-17-16-24(35-30(36)40)34-26(37)20-8-4-2-5-9-20/h2-17,23,25,29H,18H2,1H3,(H,34,35,37,40)/t23-,25-,29?/m1/s1. The van der Waals surface area contributed by atoms with E-state index < -0.39 is 52.9 Å². The smallest absolute Gasteiger partial charge is 0.351 e. The van der Waals surface area contributed by atoms with E-state index in [0.29, 0.717) is 11.1 Å². The van der Waals surface area contributed by atoms with Crippen molar-refractivity contribution in [2.24, 2.45) is 0 Å². The van der Waals surface area contributed by atoms with Gasteiger partial charge in [-0.25, -0.2) is 14.4 Å². The molecular weight excluding hydrogens is 597 g/mol. The van der Waals surface area contributed by atoms with Gasteiger partial charge in [-0.15, -0.1) is 0 Å². The fourth-order valence-electron chi connectivity index (χ4n) is 4.38. The number of amides is 1. The number of ether oxygens (including phenoxy) is 3. The topological polar surface area (TPSA) is 126 Å². The maximum absolute atomic E-state index is 13.1. The van der Waals surface area contributed by atoms with Crippen molar-refractivity contribution in [1.29, 1.82) is 0 Å². The molecule has 1 amide bonds. The van der Waals surface area contributed by atoms with Crippen LogP contribution in [-0.2, 0) is 14.2 Å². The largest absolute Gasteiger partial charge is 0.459 e. The number of alkyl halides is 2. The highest BCUT2D eigenvalue weighted by Gasteiger charge is 2.59. The molecule has 0 bridgehead atoms. The monoisotopic (exact) mass is 621 g/mol. The lowest BCUT2D eigenvalue weighted by molar-refractivity contribution is -0.0582. The minimum atomic E-state index is -2.02. The summed E-state index contributed by atoms with van der Waals surface area (Å²) in [7, 11) is 0. The van der Waals surface area contributed by atoms with Crippen LogP contribution in [0.5, 0.6) is 0 Å². The zero-order chi connectivity index (χ0) is 30.6. The molecule has 1 aliphatic heterocycles. The highest BCUT2D eigenvalue weighted by Crippen LogP contribution is 2.48. The number of esters is 2. The SMILES string of the molecule is Cc1ccc(C(=O)O[C@@H]2[C@@H](COC(=O)c3ccccc3)OC(n3ccc(NC(=O)c4ccccc4)nc3=O)C2(Cl)Cl)cc1. The first-order chi connectivity index (χ1) is 20.6. The maximum Gasteiger partial charge on any atom is 0.351 e. The number of hydrogen-bond donors (Lipinski definition) is 1. The van der Waals surface area contributed by atoms with Crippen molar-refractivity contribution in [2.75, 3.05) is 11.9 Å². The van der Waals surface area contributed by atoms with Crippen molar-refractivity contribution in [2.45, 2.75) is 29.7 Å². The van der Waals surface area contributed by atoms with Gasteiger partial charge in [-0.1, -0.05) is 77.3 Å². The van der Waals surface area contributed by atoms with Crippen LogP contribution in [-0.4, -0.2) is 50.5 Å². The zero-order valence-corrected chi connectivity index (χ0v) is 24.2. The number of halogens is 2. The zero-order valence-electron chi connectivity index (χ0n) is 22.7. The van der Waals surface area contributed by atoms with E-state index in [1.54, 1.807) is 84.9 Å². The van der Waals surface area contributed by atoms with Gasteiger partial charge in [0.05, 0.1) is 11.1 Å². The van der Waals surface area contributed by atoms with Gasteiger partial charge < -0.3 is 19.5 Å². The van der Waals surface area contributed by atoms with Crippen molar-refractivity contribution in [3.8, 4) is 0 Å². The van der Waals surface area contributed by atoms with Crippen LogP contribution in [0.15, 0.2) is 102 Å². The van der Waals surface area contributed by atoms with Gasteiger partial charge in [0.15, 0.2) is 12.3 Å². The van der Waals surface area contributed by atoms with Crippen molar-refractivity contribution >= 4 is 46.9 Å². The highest BCUT2D eigenvalue weighted by molar-refractivity contribution is 6.49. The molecule has 1 unspecified atom stereocenters. The second kappa shape index (κ2) is 12.8. The molecule has 1 saturated heterocycles. The molecule has 0 aliphatic carbocycles. The van der Waals surface area contributed by atoms with Gasteiger partial charge in [0.25, 0.3) is 5.91 Å². The molecule has 1 aliphatic rings. The Morgan fingerprint density at radius 2 is 1.49 bits per heavy atom. The number of anilines is 1. The van der Waals surface area contributed by atoms with Gasteiger partial charge in [-0.05, 0) is 49.4 Å². The summed E-state index contributed by atoms with van der Waals surface area (Å²) in [5, 5.41) is 2.55. The predicted octanol–water partition coefficient (Wildman–Crippen LogP) is 4.96. The van der Waals surface area contributed by atoms with E-state index in [1.807, 2.05) is 6.92 Å². The lowest BCUT2D eigenvalue weighted by Gasteiger charge is -2.27. The highest BCUT2D eigenvalue weighted by atomic mass is 35.5. The maximum atomic E-state index is 13.1. The molecule has 5 rings (SSSR count). The first-order valence-electron chi connectivity index (χ1n) is 13.1. The van der Waals surface area contributed by atoms with Gasteiger partial charge in [0.2, 0.25) is 4.33 Å². The van der Waals surface area contributed by atoms with Crippen molar-refractivity contribution in [1.82, 2.24) is 9.55 Å². The molecule has 3 atom stereocenters. The summed E-state index contributed by atoms with van der Waals surface area (Å²) in [6.45, 7) is 1.47.